The Morgan fingerprint density at radius 2 is 2.28 bits per heavy atom. The van der Waals surface area contributed by atoms with Crippen LogP contribution in [-0.4, -0.2) is 29.9 Å². The van der Waals surface area contributed by atoms with Gasteiger partial charge in [-0.1, -0.05) is 22.0 Å². The molecule has 1 saturated heterocycles. The third-order valence-corrected chi connectivity index (χ3v) is 4.18. The highest BCUT2D eigenvalue weighted by Crippen LogP contribution is 2.26. The van der Waals surface area contributed by atoms with Crippen LogP contribution < -0.4 is 5.73 Å². The van der Waals surface area contributed by atoms with Crippen LogP contribution in [0.3, 0.4) is 0 Å². The Bertz CT molecular complexity index is 461. The minimum absolute atomic E-state index is 0.122. The second-order valence-corrected chi connectivity index (χ2v) is 6.02. The highest BCUT2D eigenvalue weighted by molar-refractivity contribution is 9.10. The van der Waals surface area contributed by atoms with Crippen LogP contribution in [0.4, 0.5) is 0 Å². The summed E-state index contributed by atoms with van der Waals surface area (Å²) in [5.41, 5.74) is 7.51. The molecule has 0 bridgehead atoms. The van der Waals surface area contributed by atoms with E-state index in [1.54, 1.807) is 0 Å². The molecule has 4 heteroatoms. The van der Waals surface area contributed by atoms with Gasteiger partial charge in [0.05, 0.1) is 0 Å². The first-order valence-corrected chi connectivity index (χ1v) is 7.09. The van der Waals surface area contributed by atoms with Crippen molar-refractivity contribution < 1.29 is 4.79 Å². The first kappa shape index (κ1) is 13.6. The molecular weight excluding hydrogens is 292 g/mol. The molecule has 1 aromatic carbocycles. The Morgan fingerprint density at radius 1 is 1.56 bits per heavy atom. The molecule has 1 aromatic rings. The lowest BCUT2D eigenvalue weighted by molar-refractivity contribution is 0.0742. The number of carbonyl (C=O) groups excluding carboxylic acids is 1. The van der Waals surface area contributed by atoms with E-state index in [4.69, 9.17) is 5.73 Å². The van der Waals surface area contributed by atoms with Gasteiger partial charge in [0.1, 0.15) is 0 Å². The Labute approximate surface area is 116 Å². The fourth-order valence-corrected chi connectivity index (χ4v) is 2.94. The van der Waals surface area contributed by atoms with E-state index in [1.165, 1.54) is 0 Å². The molecule has 0 spiro atoms. The summed E-state index contributed by atoms with van der Waals surface area (Å²) in [5.74, 6) is 0.564. The molecule has 2 atom stereocenters. The van der Waals surface area contributed by atoms with Crippen LogP contribution in [0, 0.1) is 12.8 Å². The van der Waals surface area contributed by atoms with Gasteiger partial charge < -0.3 is 10.6 Å². The van der Waals surface area contributed by atoms with Gasteiger partial charge in [0.15, 0.2) is 0 Å². The first-order chi connectivity index (χ1) is 8.52. The molecule has 0 saturated carbocycles. The molecule has 18 heavy (non-hydrogen) atoms. The normalized spacial score (nSPS) is 23.4. The second kappa shape index (κ2) is 5.41. The summed E-state index contributed by atoms with van der Waals surface area (Å²) in [6.07, 6.45) is 1.01. The van der Waals surface area contributed by atoms with Gasteiger partial charge in [-0.05, 0) is 50.4 Å². The Morgan fingerprint density at radius 3 is 2.89 bits per heavy atom. The highest BCUT2D eigenvalue weighted by atomic mass is 79.9. The van der Waals surface area contributed by atoms with Gasteiger partial charge in [-0.2, -0.15) is 0 Å². The third kappa shape index (κ3) is 2.59. The summed E-state index contributed by atoms with van der Waals surface area (Å²) >= 11 is 3.42. The van der Waals surface area contributed by atoms with E-state index in [1.807, 2.05) is 30.0 Å². The number of carbonyl (C=O) groups is 1. The van der Waals surface area contributed by atoms with Crippen LogP contribution in [0.2, 0.25) is 0 Å². The van der Waals surface area contributed by atoms with Crippen LogP contribution in [0.15, 0.2) is 22.7 Å². The maximum atomic E-state index is 12.6. The van der Waals surface area contributed by atoms with Crippen molar-refractivity contribution in [3.63, 3.8) is 0 Å². The summed E-state index contributed by atoms with van der Waals surface area (Å²) in [6.45, 7) is 5.51. The van der Waals surface area contributed by atoms with E-state index in [0.717, 1.165) is 28.6 Å². The van der Waals surface area contributed by atoms with Crippen molar-refractivity contribution in [1.82, 2.24) is 4.90 Å². The fraction of sp³-hybridized carbons (Fsp3) is 0.500. The lowest BCUT2D eigenvalue weighted by atomic mass is 10.1. The van der Waals surface area contributed by atoms with Gasteiger partial charge >= 0.3 is 0 Å². The lowest BCUT2D eigenvalue weighted by Crippen LogP contribution is -2.34. The minimum Gasteiger partial charge on any atom is -0.336 e. The molecule has 3 nitrogen and oxygen atoms in total. The predicted octanol–water partition coefficient (Wildman–Crippen LogP) is 2.57. The molecule has 1 aliphatic heterocycles. The van der Waals surface area contributed by atoms with Crippen LogP contribution in [0.1, 0.15) is 29.3 Å². The van der Waals surface area contributed by atoms with E-state index in [9.17, 15) is 4.79 Å². The summed E-state index contributed by atoms with van der Waals surface area (Å²) in [6, 6.07) is 6.12. The van der Waals surface area contributed by atoms with Crippen molar-refractivity contribution in [2.45, 2.75) is 26.3 Å². The van der Waals surface area contributed by atoms with Crippen molar-refractivity contribution >= 4 is 21.8 Å². The SMILES string of the molecule is Cc1ccc(Br)cc1C(=O)N1CC(CN)CC1C. The minimum atomic E-state index is 0.122. The fourth-order valence-electron chi connectivity index (χ4n) is 2.58. The average Bonchev–Trinajstić information content (AvgIpc) is 2.73. The van der Waals surface area contributed by atoms with Crippen molar-refractivity contribution in [3.8, 4) is 0 Å². The van der Waals surface area contributed by atoms with Crippen molar-refractivity contribution in [2.75, 3.05) is 13.1 Å². The Balaban J connectivity index is 2.24. The van der Waals surface area contributed by atoms with Gasteiger partial charge in [-0.25, -0.2) is 0 Å². The number of likely N-dealkylation sites (tertiary alicyclic amines) is 1. The molecule has 2 rings (SSSR count). The number of nitrogens with two attached hydrogens (primary N) is 1. The zero-order valence-corrected chi connectivity index (χ0v) is 12.4. The summed E-state index contributed by atoms with van der Waals surface area (Å²) in [7, 11) is 0. The van der Waals surface area contributed by atoms with Crippen molar-refractivity contribution in [3.05, 3.63) is 33.8 Å². The largest absolute Gasteiger partial charge is 0.336 e. The van der Waals surface area contributed by atoms with E-state index >= 15 is 0 Å². The average molecular weight is 311 g/mol. The molecule has 0 radical (unpaired) electrons. The topological polar surface area (TPSA) is 46.3 Å². The Kier molecular flexibility index (Phi) is 4.07. The number of halogens is 1. The van der Waals surface area contributed by atoms with E-state index in [0.29, 0.717) is 12.5 Å². The van der Waals surface area contributed by atoms with Crippen LogP contribution in [-0.2, 0) is 0 Å². The summed E-state index contributed by atoms with van der Waals surface area (Å²) in [5, 5.41) is 0. The molecule has 0 aromatic heterocycles. The quantitative estimate of drug-likeness (QED) is 0.912. The third-order valence-electron chi connectivity index (χ3n) is 3.69. The number of aryl methyl sites for hydroxylation is 1. The van der Waals surface area contributed by atoms with Gasteiger partial charge in [0.2, 0.25) is 0 Å². The molecule has 1 amide bonds. The van der Waals surface area contributed by atoms with Crippen LogP contribution >= 0.6 is 15.9 Å². The predicted molar refractivity (Wildman–Crippen MR) is 76.5 cm³/mol. The van der Waals surface area contributed by atoms with E-state index < -0.39 is 0 Å². The zero-order chi connectivity index (χ0) is 13.3. The molecule has 2 N–H and O–H groups in total. The number of benzene rings is 1. The summed E-state index contributed by atoms with van der Waals surface area (Å²) < 4.78 is 0.943. The molecule has 1 heterocycles. The van der Waals surface area contributed by atoms with E-state index in [-0.39, 0.29) is 11.9 Å². The highest BCUT2D eigenvalue weighted by Gasteiger charge is 2.32. The van der Waals surface area contributed by atoms with Gasteiger partial charge in [-0.3, -0.25) is 4.79 Å². The maximum Gasteiger partial charge on any atom is 0.254 e. The monoisotopic (exact) mass is 310 g/mol. The van der Waals surface area contributed by atoms with Crippen molar-refractivity contribution in [2.24, 2.45) is 11.7 Å². The van der Waals surface area contributed by atoms with Gasteiger partial charge in [-0.15, -0.1) is 0 Å². The van der Waals surface area contributed by atoms with Gasteiger partial charge in [0, 0.05) is 22.6 Å². The molecule has 98 valence electrons. The number of hydrogen-bond donors (Lipinski definition) is 1. The van der Waals surface area contributed by atoms with Crippen LogP contribution in [0.5, 0.6) is 0 Å². The molecule has 2 unspecified atom stereocenters. The summed E-state index contributed by atoms with van der Waals surface area (Å²) in [4.78, 5) is 14.5. The number of rotatable bonds is 2. The van der Waals surface area contributed by atoms with Crippen molar-refractivity contribution in [1.29, 1.82) is 0 Å². The Hall–Kier alpha value is -0.870. The number of hydrogen-bond acceptors (Lipinski definition) is 2. The smallest absolute Gasteiger partial charge is 0.254 e. The molecule has 1 aliphatic rings. The lowest BCUT2D eigenvalue weighted by Gasteiger charge is -2.22. The number of nitrogens with zero attached hydrogens (tertiary/aromatic N) is 1. The second-order valence-electron chi connectivity index (χ2n) is 5.10. The number of amides is 1. The molecule has 0 aliphatic carbocycles. The standard InChI is InChI=1S/C14H19BrN2O/c1-9-3-4-12(15)6-13(9)14(18)17-8-11(7-16)5-10(17)2/h3-4,6,10-11H,5,7-8,16H2,1-2H3. The van der Waals surface area contributed by atoms with Crippen LogP contribution in [0.25, 0.3) is 0 Å². The molecular formula is C14H19BrN2O. The zero-order valence-electron chi connectivity index (χ0n) is 10.8. The van der Waals surface area contributed by atoms with Gasteiger partial charge in [0.25, 0.3) is 5.91 Å². The molecule has 1 fully saturated rings. The first-order valence-electron chi connectivity index (χ1n) is 6.30. The maximum absolute atomic E-state index is 12.6. The van der Waals surface area contributed by atoms with E-state index in [2.05, 4.69) is 22.9 Å².